The first-order valence-corrected chi connectivity index (χ1v) is 12.9. The molecular formula is C25H33N3O3S. The van der Waals surface area contributed by atoms with E-state index in [9.17, 15) is 4.79 Å². The molecule has 32 heavy (non-hydrogen) atoms. The molecule has 0 saturated carbocycles. The Kier molecular flexibility index (Phi) is 6.76. The zero-order chi connectivity index (χ0) is 21.8. The third-order valence-electron chi connectivity index (χ3n) is 7.50. The minimum atomic E-state index is -0.419. The van der Waals surface area contributed by atoms with E-state index >= 15 is 0 Å². The number of piperidine rings is 2. The largest absolute Gasteiger partial charge is 0.467 e. The van der Waals surface area contributed by atoms with Crippen LogP contribution in [0.25, 0.3) is 0 Å². The van der Waals surface area contributed by atoms with E-state index in [1.54, 1.807) is 17.5 Å². The van der Waals surface area contributed by atoms with Gasteiger partial charge in [0.2, 0.25) is 5.91 Å². The number of likely N-dealkylation sites (tertiary alicyclic amines) is 2. The van der Waals surface area contributed by atoms with Gasteiger partial charge in [-0.05, 0) is 44.1 Å². The number of nitrogens with zero attached hydrogens (tertiary/aromatic N) is 3. The van der Waals surface area contributed by atoms with Crippen LogP contribution in [-0.4, -0.2) is 72.2 Å². The summed E-state index contributed by atoms with van der Waals surface area (Å²) in [5.41, 5.74) is 0.732. The molecule has 0 radical (unpaired) electrons. The second kappa shape index (κ2) is 9.89. The molecule has 0 N–H and O–H groups in total. The molecule has 0 unspecified atom stereocenters. The number of hydrogen-bond donors (Lipinski definition) is 0. The topological polar surface area (TPSA) is 54.9 Å². The summed E-state index contributed by atoms with van der Waals surface area (Å²) in [6.07, 6.45) is 7.86. The Balaban J connectivity index is 1.16. The van der Waals surface area contributed by atoms with Crippen molar-refractivity contribution < 1.29 is 14.3 Å². The van der Waals surface area contributed by atoms with Crippen LogP contribution >= 0.6 is 11.3 Å². The number of carbonyl (C=O) groups excluding carboxylic acids is 1. The highest BCUT2D eigenvalue weighted by Gasteiger charge is 2.45. The van der Waals surface area contributed by atoms with Gasteiger partial charge in [-0.2, -0.15) is 0 Å². The fourth-order valence-corrected chi connectivity index (χ4v) is 6.16. The van der Waals surface area contributed by atoms with E-state index < -0.39 is 5.41 Å². The number of thiazole rings is 1. The lowest BCUT2D eigenvalue weighted by Crippen LogP contribution is -2.55. The number of hydrogen-bond acceptors (Lipinski definition) is 6. The molecule has 0 bridgehead atoms. The first-order chi connectivity index (χ1) is 15.7. The van der Waals surface area contributed by atoms with Gasteiger partial charge < -0.3 is 14.4 Å². The standard InChI is InChI=1S/C25H33N3O3S/c29-23(25(10-17-30-18-11-25)20-4-2-1-3-5-20)28-13-6-21(7-14-28)27-15-8-22(9-16-27)31-24-26-12-19-32-24/h1-5,12,19,21-22H,6-11,13-18H2. The van der Waals surface area contributed by atoms with Crippen LogP contribution in [0.1, 0.15) is 44.1 Å². The second-order valence-electron chi connectivity index (χ2n) is 9.24. The van der Waals surface area contributed by atoms with Crippen LogP contribution in [0, 0.1) is 0 Å². The average Bonchev–Trinajstić information content (AvgIpc) is 3.38. The molecule has 3 saturated heterocycles. The highest BCUT2D eigenvalue weighted by Crippen LogP contribution is 2.37. The van der Waals surface area contributed by atoms with Crippen LogP contribution in [0.3, 0.4) is 0 Å². The highest BCUT2D eigenvalue weighted by molar-refractivity contribution is 7.11. The normalized spacial score (nSPS) is 23.2. The Bertz CT molecular complexity index is 854. The highest BCUT2D eigenvalue weighted by atomic mass is 32.1. The Morgan fingerprint density at radius 2 is 1.75 bits per heavy atom. The van der Waals surface area contributed by atoms with Crippen LogP contribution < -0.4 is 4.74 Å². The van der Waals surface area contributed by atoms with Crippen molar-refractivity contribution in [3.8, 4) is 5.19 Å². The number of rotatable bonds is 5. The third-order valence-corrected chi connectivity index (χ3v) is 8.16. The molecule has 4 heterocycles. The Labute approximate surface area is 194 Å². The summed E-state index contributed by atoms with van der Waals surface area (Å²) in [5, 5.41) is 2.75. The number of ether oxygens (including phenoxy) is 2. The maximum Gasteiger partial charge on any atom is 0.273 e. The van der Waals surface area contributed by atoms with Gasteiger partial charge in [0.25, 0.3) is 5.19 Å². The molecular weight excluding hydrogens is 422 g/mol. The number of aromatic nitrogens is 1. The maximum absolute atomic E-state index is 13.8. The molecule has 1 amide bonds. The second-order valence-corrected chi connectivity index (χ2v) is 10.1. The third kappa shape index (κ3) is 4.56. The van der Waals surface area contributed by atoms with E-state index in [0.717, 1.165) is 75.5 Å². The zero-order valence-corrected chi connectivity index (χ0v) is 19.5. The SMILES string of the molecule is O=C(N1CCC(N2CCC(Oc3nccs3)CC2)CC1)C1(c2ccccc2)CCOCC1. The molecule has 172 valence electrons. The van der Waals surface area contributed by atoms with Crippen LogP contribution in [0.2, 0.25) is 0 Å². The summed E-state index contributed by atoms with van der Waals surface area (Å²) in [6, 6.07) is 10.9. The van der Waals surface area contributed by atoms with Crippen molar-refractivity contribution in [2.24, 2.45) is 0 Å². The molecule has 5 rings (SSSR count). The fourth-order valence-electron chi connectivity index (χ4n) is 5.61. The van der Waals surface area contributed by atoms with Gasteiger partial charge in [0.05, 0.1) is 5.41 Å². The van der Waals surface area contributed by atoms with Crippen molar-refractivity contribution in [1.82, 2.24) is 14.8 Å². The van der Waals surface area contributed by atoms with Crippen molar-refractivity contribution >= 4 is 17.2 Å². The first kappa shape index (κ1) is 21.9. The lowest BCUT2D eigenvalue weighted by atomic mass is 9.72. The zero-order valence-electron chi connectivity index (χ0n) is 18.7. The van der Waals surface area contributed by atoms with Crippen LogP contribution in [0.15, 0.2) is 41.9 Å². The smallest absolute Gasteiger partial charge is 0.273 e. The van der Waals surface area contributed by atoms with Gasteiger partial charge in [0.15, 0.2) is 0 Å². The molecule has 0 aliphatic carbocycles. The molecule has 0 spiro atoms. The predicted molar refractivity (Wildman–Crippen MR) is 125 cm³/mol. The van der Waals surface area contributed by atoms with E-state index in [0.29, 0.717) is 25.2 Å². The minimum Gasteiger partial charge on any atom is -0.467 e. The van der Waals surface area contributed by atoms with Crippen LogP contribution in [-0.2, 0) is 14.9 Å². The van der Waals surface area contributed by atoms with Gasteiger partial charge in [0.1, 0.15) is 6.10 Å². The number of amides is 1. The molecule has 2 aromatic rings. The quantitative estimate of drug-likeness (QED) is 0.688. The van der Waals surface area contributed by atoms with Gasteiger partial charge in [0, 0.05) is 57.0 Å². The maximum atomic E-state index is 13.8. The van der Waals surface area contributed by atoms with Gasteiger partial charge in [-0.1, -0.05) is 41.7 Å². The van der Waals surface area contributed by atoms with Crippen molar-refractivity contribution in [1.29, 1.82) is 0 Å². The summed E-state index contributed by atoms with van der Waals surface area (Å²) in [7, 11) is 0. The Hall–Kier alpha value is -1.96. The molecule has 1 aromatic carbocycles. The average molecular weight is 456 g/mol. The minimum absolute atomic E-state index is 0.276. The van der Waals surface area contributed by atoms with E-state index in [4.69, 9.17) is 9.47 Å². The van der Waals surface area contributed by atoms with Gasteiger partial charge in [-0.3, -0.25) is 9.69 Å². The van der Waals surface area contributed by atoms with Gasteiger partial charge >= 0.3 is 0 Å². The first-order valence-electron chi connectivity index (χ1n) is 12.0. The summed E-state index contributed by atoms with van der Waals surface area (Å²) < 4.78 is 11.6. The Morgan fingerprint density at radius 3 is 2.41 bits per heavy atom. The van der Waals surface area contributed by atoms with Gasteiger partial charge in [-0.15, -0.1) is 0 Å². The lowest BCUT2D eigenvalue weighted by Gasteiger charge is -2.45. The molecule has 3 fully saturated rings. The van der Waals surface area contributed by atoms with Crippen molar-refractivity contribution in [2.75, 3.05) is 39.4 Å². The summed E-state index contributed by atoms with van der Waals surface area (Å²) in [5.74, 6) is 0.306. The number of carbonyl (C=O) groups is 1. The summed E-state index contributed by atoms with van der Waals surface area (Å²) >= 11 is 1.57. The molecule has 6 nitrogen and oxygen atoms in total. The molecule has 3 aliphatic heterocycles. The van der Waals surface area contributed by atoms with Crippen LogP contribution in [0.5, 0.6) is 5.19 Å². The predicted octanol–water partition coefficient (Wildman–Crippen LogP) is 3.73. The lowest BCUT2D eigenvalue weighted by molar-refractivity contribution is -0.143. The van der Waals surface area contributed by atoms with Crippen molar-refractivity contribution in [3.63, 3.8) is 0 Å². The van der Waals surface area contributed by atoms with E-state index in [1.165, 1.54) is 0 Å². The van der Waals surface area contributed by atoms with Crippen molar-refractivity contribution in [3.05, 3.63) is 47.5 Å². The number of benzene rings is 1. The Morgan fingerprint density at radius 1 is 1.03 bits per heavy atom. The van der Waals surface area contributed by atoms with E-state index in [2.05, 4.69) is 26.9 Å². The molecule has 3 aliphatic rings. The summed E-state index contributed by atoms with van der Waals surface area (Å²) in [6.45, 7) is 5.17. The molecule has 7 heteroatoms. The molecule has 0 atom stereocenters. The van der Waals surface area contributed by atoms with Crippen molar-refractivity contribution in [2.45, 2.75) is 56.1 Å². The summed E-state index contributed by atoms with van der Waals surface area (Å²) in [4.78, 5) is 22.8. The van der Waals surface area contributed by atoms with Crippen LogP contribution in [0.4, 0.5) is 0 Å². The molecule has 1 aromatic heterocycles. The van der Waals surface area contributed by atoms with E-state index in [1.807, 2.05) is 23.6 Å². The monoisotopic (exact) mass is 455 g/mol. The fraction of sp³-hybridized carbons (Fsp3) is 0.600. The van der Waals surface area contributed by atoms with Gasteiger partial charge in [-0.25, -0.2) is 4.98 Å². The van der Waals surface area contributed by atoms with E-state index in [-0.39, 0.29) is 6.10 Å².